The Hall–Kier alpha value is -2.55. The van der Waals surface area contributed by atoms with E-state index in [9.17, 15) is 9.59 Å². The summed E-state index contributed by atoms with van der Waals surface area (Å²) in [5, 5.41) is 2.44. The molecular formula is C15H21N3O5S. The van der Waals surface area contributed by atoms with E-state index < -0.39 is 5.91 Å². The smallest absolute Gasteiger partial charge is 0.269 e. The van der Waals surface area contributed by atoms with Gasteiger partial charge in [0, 0.05) is 11.5 Å². The van der Waals surface area contributed by atoms with Crippen molar-refractivity contribution in [3.05, 3.63) is 17.7 Å². The Kier molecular flexibility index (Phi) is 7.25. The fourth-order valence-corrected chi connectivity index (χ4v) is 1.84. The number of nitrogens with one attached hydrogen (secondary N) is 3. The minimum absolute atomic E-state index is 0.00510. The molecule has 0 bridgehead atoms. The van der Waals surface area contributed by atoms with Gasteiger partial charge in [-0.1, -0.05) is 13.8 Å². The van der Waals surface area contributed by atoms with Gasteiger partial charge in [0.05, 0.1) is 21.3 Å². The van der Waals surface area contributed by atoms with Crippen molar-refractivity contribution in [1.29, 1.82) is 0 Å². The van der Waals surface area contributed by atoms with Crippen LogP contribution in [0.15, 0.2) is 12.1 Å². The van der Waals surface area contributed by atoms with E-state index >= 15 is 0 Å². The number of hydrazine groups is 1. The molecule has 3 N–H and O–H groups in total. The molecule has 1 aromatic rings. The summed E-state index contributed by atoms with van der Waals surface area (Å²) in [5.41, 5.74) is 5.10. The number of benzene rings is 1. The molecule has 1 rings (SSSR count). The second-order valence-electron chi connectivity index (χ2n) is 4.97. The van der Waals surface area contributed by atoms with Gasteiger partial charge in [0.1, 0.15) is 0 Å². The molecule has 0 aromatic heterocycles. The highest BCUT2D eigenvalue weighted by molar-refractivity contribution is 7.80. The van der Waals surface area contributed by atoms with Crippen molar-refractivity contribution in [2.75, 3.05) is 21.3 Å². The van der Waals surface area contributed by atoms with Crippen LogP contribution >= 0.6 is 12.2 Å². The molecule has 0 spiro atoms. The van der Waals surface area contributed by atoms with E-state index in [2.05, 4.69) is 16.2 Å². The van der Waals surface area contributed by atoms with Crippen molar-refractivity contribution < 1.29 is 23.8 Å². The Bertz CT molecular complexity index is 609. The van der Waals surface area contributed by atoms with Crippen molar-refractivity contribution in [2.24, 2.45) is 5.92 Å². The van der Waals surface area contributed by atoms with Gasteiger partial charge in [-0.05, 0) is 24.4 Å². The van der Waals surface area contributed by atoms with Gasteiger partial charge in [-0.25, -0.2) is 0 Å². The third-order valence-corrected chi connectivity index (χ3v) is 3.18. The second kappa shape index (κ2) is 8.92. The fourth-order valence-electron chi connectivity index (χ4n) is 1.69. The molecule has 0 saturated heterocycles. The van der Waals surface area contributed by atoms with Crippen LogP contribution in [-0.4, -0.2) is 38.3 Å². The van der Waals surface area contributed by atoms with Crippen LogP contribution in [0.3, 0.4) is 0 Å². The summed E-state index contributed by atoms with van der Waals surface area (Å²) in [4.78, 5) is 23.7. The first-order chi connectivity index (χ1) is 11.3. The fraction of sp³-hybridized carbons (Fsp3) is 0.400. The molecule has 0 fully saturated rings. The van der Waals surface area contributed by atoms with Gasteiger partial charge in [0.25, 0.3) is 5.91 Å². The molecule has 0 aliphatic heterocycles. The number of amides is 2. The van der Waals surface area contributed by atoms with Gasteiger partial charge in [-0.3, -0.25) is 20.4 Å². The number of methoxy groups -OCH3 is 3. The maximum atomic E-state index is 12.2. The van der Waals surface area contributed by atoms with Gasteiger partial charge >= 0.3 is 0 Å². The highest BCUT2D eigenvalue weighted by Gasteiger charge is 2.17. The number of carbonyl (C=O) groups is 2. The third-order valence-electron chi connectivity index (χ3n) is 2.98. The topological polar surface area (TPSA) is 97.9 Å². The van der Waals surface area contributed by atoms with Crippen molar-refractivity contribution in [3.8, 4) is 17.2 Å². The Morgan fingerprint density at radius 2 is 1.54 bits per heavy atom. The van der Waals surface area contributed by atoms with Crippen LogP contribution in [-0.2, 0) is 4.79 Å². The zero-order valence-electron chi connectivity index (χ0n) is 14.2. The van der Waals surface area contributed by atoms with Gasteiger partial charge in [-0.15, -0.1) is 0 Å². The Balaban J connectivity index is 2.81. The zero-order valence-corrected chi connectivity index (χ0v) is 15.0. The van der Waals surface area contributed by atoms with Gasteiger partial charge in [0.2, 0.25) is 11.7 Å². The van der Waals surface area contributed by atoms with Crippen LogP contribution in [0, 0.1) is 5.92 Å². The number of carbonyl (C=O) groups excluding carboxylic acids is 2. The van der Waals surface area contributed by atoms with E-state index in [1.807, 2.05) is 0 Å². The lowest BCUT2D eigenvalue weighted by atomic mass is 10.1. The quantitative estimate of drug-likeness (QED) is 0.535. The molecule has 9 heteroatoms. The predicted octanol–water partition coefficient (Wildman–Crippen LogP) is 1.00. The van der Waals surface area contributed by atoms with E-state index in [-0.39, 0.29) is 22.5 Å². The predicted molar refractivity (Wildman–Crippen MR) is 92.3 cm³/mol. The van der Waals surface area contributed by atoms with Crippen molar-refractivity contribution in [2.45, 2.75) is 13.8 Å². The molecule has 0 atom stereocenters. The van der Waals surface area contributed by atoms with Crippen molar-refractivity contribution >= 4 is 29.1 Å². The van der Waals surface area contributed by atoms with Gasteiger partial charge in [0.15, 0.2) is 16.6 Å². The summed E-state index contributed by atoms with van der Waals surface area (Å²) in [7, 11) is 4.37. The summed E-state index contributed by atoms with van der Waals surface area (Å²) in [5.74, 6) is 0.0973. The maximum absolute atomic E-state index is 12.2. The van der Waals surface area contributed by atoms with E-state index in [4.69, 9.17) is 26.4 Å². The minimum Gasteiger partial charge on any atom is -0.493 e. The van der Waals surface area contributed by atoms with Crippen LogP contribution < -0.4 is 30.4 Å². The summed E-state index contributed by atoms with van der Waals surface area (Å²) < 4.78 is 15.6. The first-order valence-electron chi connectivity index (χ1n) is 7.05. The molecule has 24 heavy (non-hydrogen) atoms. The standard InChI is InChI=1S/C15H21N3O5S/c1-8(2)13(19)16-15(24)18-17-14(20)9-6-10(21-3)12(23-5)11(7-9)22-4/h6-8H,1-5H3,(H,17,20)(H2,16,18,19,24). The maximum Gasteiger partial charge on any atom is 0.269 e. The lowest BCUT2D eigenvalue weighted by molar-refractivity contribution is -0.122. The Morgan fingerprint density at radius 1 is 1.00 bits per heavy atom. The van der Waals surface area contributed by atoms with E-state index in [0.29, 0.717) is 17.2 Å². The van der Waals surface area contributed by atoms with Crippen LogP contribution in [0.25, 0.3) is 0 Å². The van der Waals surface area contributed by atoms with Gasteiger partial charge < -0.3 is 19.5 Å². The van der Waals surface area contributed by atoms with E-state index in [0.717, 1.165) is 0 Å². The SMILES string of the molecule is COc1cc(C(=O)NNC(=S)NC(=O)C(C)C)cc(OC)c1OC. The van der Waals surface area contributed by atoms with E-state index in [1.54, 1.807) is 13.8 Å². The lowest BCUT2D eigenvalue weighted by Gasteiger charge is -2.15. The number of hydrogen-bond donors (Lipinski definition) is 3. The average Bonchev–Trinajstić information content (AvgIpc) is 2.57. The van der Waals surface area contributed by atoms with E-state index in [1.165, 1.54) is 33.5 Å². The first-order valence-corrected chi connectivity index (χ1v) is 7.46. The van der Waals surface area contributed by atoms with Crippen molar-refractivity contribution in [3.63, 3.8) is 0 Å². The molecule has 132 valence electrons. The van der Waals surface area contributed by atoms with Crippen LogP contribution in [0.1, 0.15) is 24.2 Å². The van der Waals surface area contributed by atoms with Crippen LogP contribution in [0.4, 0.5) is 0 Å². The largest absolute Gasteiger partial charge is 0.493 e. The van der Waals surface area contributed by atoms with Crippen LogP contribution in [0.2, 0.25) is 0 Å². The summed E-state index contributed by atoms with van der Waals surface area (Å²) >= 11 is 4.93. The molecule has 0 saturated carbocycles. The normalized spacial score (nSPS) is 9.92. The second-order valence-corrected chi connectivity index (χ2v) is 5.37. The average molecular weight is 355 g/mol. The molecule has 0 aliphatic carbocycles. The molecule has 8 nitrogen and oxygen atoms in total. The molecule has 1 aromatic carbocycles. The summed E-state index contributed by atoms with van der Waals surface area (Å²) in [6.45, 7) is 3.46. The van der Waals surface area contributed by atoms with Gasteiger partial charge in [-0.2, -0.15) is 0 Å². The number of thiocarbonyl (C=S) groups is 1. The zero-order chi connectivity index (χ0) is 18.3. The van der Waals surface area contributed by atoms with Crippen molar-refractivity contribution in [1.82, 2.24) is 16.2 Å². The summed E-state index contributed by atoms with van der Waals surface area (Å²) in [6.07, 6.45) is 0. The highest BCUT2D eigenvalue weighted by Crippen LogP contribution is 2.38. The molecule has 0 aliphatic rings. The molecule has 0 unspecified atom stereocenters. The number of hydrogen-bond acceptors (Lipinski definition) is 6. The monoisotopic (exact) mass is 355 g/mol. The molecule has 0 heterocycles. The molecule has 0 radical (unpaired) electrons. The Morgan fingerprint density at radius 3 is 1.96 bits per heavy atom. The summed E-state index contributed by atoms with van der Waals surface area (Å²) in [6, 6.07) is 2.99. The highest BCUT2D eigenvalue weighted by atomic mass is 32.1. The van der Waals surface area contributed by atoms with Crippen LogP contribution in [0.5, 0.6) is 17.2 Å². The minimum atomic E-state index is -0.490. The lowest BCUT2D eigenvalue weighted by Crippen LogP contribution is -2.49. The third kappa shape index (κ3) is 4.98. The Labute approximate surface area is 145 Å². The number of ether oxygens (including phenoxy) is 3. The molecule has 2 amide bonds. The number of rotatable bonds is 5. The molecular weight excluding hydrogens is 334 g/mol. The first kappa shape index (κ1) is 19.5.